The van der Waals surface area contributed by atoms with Crippen LogP contribution in [0.15, 0.2) is 24.3 Å². The van der Waals surface area contributed by atoms with Crippen LogP contribution >= 0.6 is 0 Å². The minimum atomic E-state index is -4.23. The average molecular weight is 265 g/mol. The maximum absolute atomic E-state index is 13.0. The number of halogens is 4. The molecule has 1 atom stereocenters. The van der Waals surface area contributed by atoms with E-state index in [0.717, 1.165) is 5.56 Å². The van der Waals surface area contributed by atoms with Crippen LogP contribution in [0, 0.1) is 0 Å². The van der Waals surface area contributed by atoms with E-state index >= 15 is 0 Å². The molecule has 0 spiro atoms. The van der Waals surface area contributed by atoms with E-state index in [4.69, 9.17) is 10.5 Å². The standard InChI is InChI=1S/C12H15F4NO/c1-18-7-6-8-2-4-9(5-3-8)10(17)12(15,16)11(13)14/h2-5,10-11H,6-7,17H2,1H3. The number of alkyl halides is 4. The van der Waals surface area contributed by atoms with Crippen molar-refractivity contribution in [3.8, 4) is 0 Å². The van der Waals surface area contributed by atoms with E-state index in [9.17, 15) is 17.6 Å². The lowest BCUT2D eigenvalue weighted by Gasteiger charge is -2.23. The molecule has 0 amide bonds. The molecule has 2 nitrogen and oxygen atoms in total. The molecule has 0 saturated heterocycles. The first-order valence-electron chi connectivity index (χ1n) is 5.39. The van der Waals surface area contributed by atoms with Gasteiger partial charge in [0.25, 0.3) is 0 Å². The van der Waals surface area contributed by atoms with Crippen LogP contribution in [0.25, 0.3) is 0 Å². The van der Waals surface area contributed by atoms with Crippen LogP contribution < -0.4 is 5.73 Å². The van der Waals surface area contributed by atoms with Gasteiger partial charge in [-0.05, 0) is 17.5 Å². The molecule has 0 heterocycles. The number of rotatable bonds is 6. The summed E-state index contributed by atoms with van der Waals surface area (Å²) in [5.41, 5.74) is 6.03. The van der Waals surface area contributed by atoms with Gasteiger partial charge in [0.05, 0.1) is 6.61 Å². The van der Waals surface area contributed by atoms with Gasteiger partial charge < -0.3 is 10.5 Å². The van der Waals surface area contributed by atoms with Crippen molar-refractivity contribution in [1.29, 1.82) is 0 Å². The highest BCUT2D eigenvalue weighted by atomic mass is 19.3. The highest BCUT2D eigenvalue weighted by Gasteiger charge is 2.47. The molecular formula is C12H15F4NO. The molecule has 0 aliphatic rings. The highest BCUT2D eigenvalue weighted by molar-refractivity contribution is 5.26. The smallest absolute Gasteiger partial charge is 0.326 e. The summed E-state index contributed by atoms with van der Waals surface area (Å²) in [4.78, 5) is 0. The van der Waals surface area contributed by atoms with Gasteiger partial charge in [0.2, 0.25) is 0 Å². The Kier molecular flexibility index (Phi) is 5.10. The third-order valence-electron chi connectivity index (χ3n) is 2.64. The Morgan fingerprint density at radius 3 is 2.22 bits per heavy atom. The van der Waals surface area contributed by atoms with Crippen molar-refractivity contribution >= 4 is 0 Å². The molecule has 0 radical (unpaired) electrons. The second-order valence-corrected chi connectivity index (χ2v) is 3.94. The molecule has 1 unspecified atom stereocenters. The number of benzene rings is 1. The summed E-state index contributed by atoms with van der Waals surface area (Å²) in [6.45, 7) is 0.499. The van der Waals surface area contributed by atoms with E-state index in [0.29, 0.717) is 13.0 Å². The van der Waals surface area contributed by atoms with Crippen molar-refractivity contribution in [2.75, 3.05) is 13.7 Å². The summed E-state index contributed by atoms with van der Waals surface area (Å²) in [6, 6.07) is 3.83. The number of hydrogen-bond donors (Lipinski definition) is 1. The van der Waals surface area contributed by atoms with Gasteiger partial charge in [-0.1, -0.05) is 24.3 Å². The lowest BCUT2D eigenvalue weighted by molar-refractivity contribution is -0.144. The fraction of sp³-hybridized carbons (Fsp3) is 0.500. The summed E-state index contributed by atoms with van der Waals surface area (Å²) >= 11 is 0. The van der Waals surface area contributed by atoms with Crippen LogP contribution in [-0.2, 0) is 11.2 Å². The first-order valence-corrected chi connectivity index (χ1v) is 5.39. The molecule has 1 rings (SSSR count). The van der Waals surface area contributed by atoms with E-state index in [1.54, 1.807) is 19.2 Å². The first-order chi connectivity index (χ1) is 8.39. The molecule has 6 heteroatoms. The summed E-state index contributed by atoms with van der Waals surface area (Å²) in [5, 5.41) is 0. The molecule has 1 aromatic rings. The number of methoxy groups -OCH3 is 1. The van der Waals surface area contributed by atoms with E-state index in [1.165, 1.54) is 12.1 Å². The van der Waals surface area contributed by atoms with Crippen LogP contribution in [-0.4, -0.2) is 26.1 Å². The van der Waals surface area contributed by atoms with Crippen molar-refractivity contribution in [2.24, 2.45) is 5.73 Å². The van der Waals surface area contributed by atoms with Gasteiger partial charge in [-0.15, -0.1) is 0 Å². The Morgan fingerprint density at radius 1 is 1.22 bits per heavy atom. The summed E-state index contributed by atoms with van der Waals surface area (Å²) in [7, 11) is 1.55. The zero-order valence-electron chi connectivity index (χ0n) is 9.88. The minimum absolute atomic E-state index is 0.0125. The monoisotopic (exact) mass is 265 g/mol. The van der Waals surface area contributed by atoms with Crippen molar-refractivity contribution in [3.63, 3.8) is 0 Å². The van der Waals surface area contributed by atoms with Crippen molar-refractivity contribution in [3.05, 3.63) is 35.4 Å². The first kappa shape index (κ1) is 14.9. The normalized spacial score (nSPS) is 13.9. The highest BCUT2D eigenvalue weighted by Crippen LogP contribution is 2.34. The molecule has 1 aromatic carbocycles. The van der Waals surface area contributed by atoms with Crippen LogP contribution in [0.1, 0.15) is 17.2 Å². The zero-order valence-corrected chi connectivity index (χ0v) is 9.88. The molecule has 0 saturated carbocycles. The third kappa shape index (κ3) is 3.43. The molecule has 0 aromatic heterocycles. The average Bonchev–Trinajstić information content (AvgIpc) is 2.35. The van der Waals surface area contributed by atoms with E-state index in [1.807, 2.05) is 0 Å². The Morgan fingerprint density at radius 2 is 1.78 bits per heavy atom. The molecule has 0 aliphatic heterocycles. The second-order valence-electron chi connectivity index (χ2n) is 3.94. The van der Waals surface area contributed by atoms with E-state index < -0.39 is 18.4 Å². The predicted molar refractivity (Wildman–Crippen MR) is 59.9 cm³/mol. The zero-order chi connectivity index (χ0) is 13.8. The van der Waals surface area contributed by atoms with Gasteiger partial charge in [-0.25, -0.2) is 8.78 Å². The van der Waals surface area contributed by atoms with Crippen LogP contribution in [0.5, 0.6) is 0 Å². The Hall–Kier alpha value is -1.14. The van der Waals surface area contributed by atoms with Gasteiger partial charge in [-0.2, -0.15) is 8.78 Å². The van der Waals surface area contributed by atoms with Crippen LogP contribution in [0.3, 0.4) is 0 Å². The Bertz CT molecular complexity index is 367. The molecule has 0 aliphatic carbocycles. The lowest BCUT2D eigenvalue weighted by atomic mass is 9.99. The maximum Gasteiger partial charge on any atom is 0.326 e. The molecule has 0 fully saturated rings. The fourth-order valence-corrected chi connectivity index (χ4v) is 1.47. The summed E-state index contributed by atoms with van der Waals surface area (Å²) < 4.78 is 55.2. The molecular weight excluding hydrogens is 250 g/mol. The van der Waals surface area contributed by atoms with Crippen molar-refractivity contribution in [1.82, 2.24) is 0 Å². The molecule has 0 bridgehead atoms. The van der Waals surface area contributed by atoms with Gasteiger partial charge >= 0.3 is 12.3 Å². The molecule has 2 N–H and O–H groups in total. The van der Waals surface area contributed by atoms with Gasteiger partial charge in [-0.3, -0.25) is 0 Å². The van der Waals surface area contributed by atoms with E-state index in [2.05, 4.69) is 0 Å². The van der Waals surface area contributed by atoms with Crippen LogP contribution in [0.2, 0.25) is 0 Å². The molecule has 18 heavy (non-hydrogen) atoms. The van der Waals surface area contributed by atoms with Gasteiger partial charge in [0, 0.05) is 7.11 Å². The summed E-state index contributed by atoms with van der Waals surface area (Å²) in [5.74, 6) is -4.23. The minimum Gasteiger partial charge on any atom is -0.384 e. The van der Waals surface area contributed by atoms with E-state index in [-0.39, 0.29) is 5.56 Å². The fourth-order valence-electron chi connectivity index (χ4n) is 1.47. The second kappa shape index (κ2) is 6.15. The largest absolute Gasteiger partial charge is 0.384 e. The number of nitrogens with two attached hydrogens (primary N) is 1. The predicted octanol–water partition coefficient (Wildman–Crippen LogP) is 2.78. The Labute approximate surface area is 103 Å². The van der Waals surface area contributed by atoms with Crippen LogP contribution in [0.4, 0.5) is 17.6 Å². The number of hydrogen-bond acceptors (Lipinski definition) is 2. The Balaban J connectivity index is 2.78. The third-order valence-corrected chi connectivity index (χ3v) is 2.64. The van der Waals surface area contributed by atoms with Gasteiger partial charge in [0.1, 0.15) is 6.04 Å². The topological polar surface area (TPSA) is 35.2 Å². The molecule has 102 valence electrons. The SMILES string of the molecule is COCCc1ccc(C(N)C(F)(F)C(F)F)cc1. The number of ether oxygens (including phenoxy) is 1. The van der Waals surface area contributed by atoms with Crippen molar-refractivity contribution in [2.45, 2.75) is 24.8 Å². The van der Waals surface area contributed by atoms with Crippen molar-refractivity contribution < 1.29 is 22.3 Å². The quantitative estimate of drug-likeness (QED) is 0.803. The van der Waals surface area contributed by atoms with Gasteiger partial charge in [0.15, 0.2) is 0 Å². The summed E-state index contributed by atoms with van der Waals surface area (Å²) in [6.07, 6.45) is -3.15. The maximum atomic E-state index is 13.0. The lowest BCUT2D eigenvalue weighted by Crippen LogP contribution is -2.39.